The van der Waals surface area contributed by atoms with Crippen molar-refractivity contribution in [2.24, 2.45) is 0 Å². The van der Waals surface area contributed by atoms with Crippen LogP contribution in [0.15, 0.2) is 24.3 Å². The summed E-state index contributed by atoms with van der Waals surface area (Å²) in [6, 6.07) is 7.54. The molecule has 1 atom stereocenters. The van der Waals surface area contributed by atoms with E-state index < -0.39 is 5.92 Å². The number of benzene rings is 1. The molecule has 0 heterocycles. The second-order valence-electron chi connectivity index (χ2n) is 3.39. The number of rotatable bonds is 4. The standard InChI is InChI=1S/C12H14O3/c1-9-4-3-5-10(8-9)11(6-7-13)12(14)15-2/h3-5,7-8,11H,6H2,1-2H3. The van der Waals surface area contributed by atoms with Gasteiger partial charge in [0.2, 0.25) is 0 Å². The average molecular weight is 206 g/mol. The summed E-state index contributed by atoms with van der Waals surface area (Å²) in [4.78, 5) is 21.9. The predicted molar refractivity (Wildman–Crippen MR) is 56.6 cm³/mol. The molecule has 0 aliphatic carbocycles. The van der Waals surface area contributed by atoms with Gasteiger partial charge in [-0.05, 0) is 12.5 Å². The Morgan fingerprint density at radius 3 is 2.80 bits per heavy atom. The molecule has 3 nitrogen and oxygen atoms in total. The van der Waals surface area contributed by atoms with Gasteiger partial charge >= 0.3 is 5.97 Å². The van der Waals surface area contributed by atoms with Crippen molar-refractivity contribution in [3.05, 3.63) is 35.4 Å². The molecule has 0 saturated heterocycles. The third kappa shape index (κ3) is 2.91. The van der Waals surface area contributed by atoms with Gasteiger partial charge in [0.25, 0.3) is 0 Å². The summed E-state index contributed by atoms with van der Waals surface area (Å²) < 4.78 is 4.66. The number of methoxy groups -OCH3 is 1. The maximum absolute atomic E-state index is 11.4. The Balaban J connectivity index is 2.98. The minimum atomic E-state index is -0.479. The predicted octanol–water partition coefficient (Wildman–Crippen LogP) is 1.84. The molecule has 0 amide bonds. The summed E-state index contributed by atoms with van der Waals surface area (Å²) >= 11 is 0. The van der Waals surface area contributed by atoms with Crippen LogP contribution in [0.2, 0.25) is 0 Å². The van der Waals surface area contributed by atoms with Crippen LogP contribution in [0.5, 0.6) is 0 Å². The van der Waals surface area contributed by atoms with E-state index in [4.69, 9.17) is 0 Å². The van der Waals surface area contributed by atoms with Crippen LogP contribution in [-0.2, 0) is 14.3 Å². The van der Waals surface area contributed by atoms with Gasteiger partial charge in [-0.15, -0.1) is 0 Å². The molecule has 0 spiro atoms. The highest BCUT2D eigenvalue weighted by Crippen LogP contribution is 2.21. The Hall–Kier alpha value is -1.64. The van der Waals surface area contributed by atoms with Crippen molar-refractivity contribution in [3.8, 4) is 0 Å². The van der Waals surface area contributed by atoms with Crippen LogP contribution in [-0.4, -0.2) is 19.4 Å². The third-order valence-corrected chi connectivity index (χ3v) is 2.26. The highest BCUT2D eigenvalue weighted by atomic mass is 16.5. The SMILES string of the molecule is COC(=O)C(CC=O)c1cccc(C)c1. The monoisotopic (exact) mass is 206 g/mol. The Bertz CT molecular complexity index is 358. The number of aldehydes is 1. The fraction of sp³-hybridized carbons (Fsp3) is 0.333. The Labute approximate surface area is 89.1 Å². The zero-order chi connectivity index (χ0) is 11.3. The summed E-state index contributed by atoms with van der Waals surface area (Å²) in [5.41, 5.74) is 1.89. The summed E-state index contributed by atoms with van der Waals surface area (Å²) in [5, 5.41) is 0. The molecule has 0 aliphatic heterocycles. The van der Waals surface area contributed by atoms with Gasteiger partial charge in [-0.1, -0.05) is 29.8 Å². The van der Waals surface area contributed by atoms with Crippen molar-refractivity contribution < 1.29 is 14.3 Å². The molecule has 1 unspecified atom stereocenters. The van der Waals surface area contributed by atoms with E-state index in [0.717, 1.165) is 17.4 Å². The molecule has 0 aliphatic rings. The molecule has 1 aromatic rings. The Morgan fingerprint density at radius 2 is 2.27 bits per heavy atom. The lowest BCUT2D eigenvalue weighted by Gasteiger charge is -2.12. The van der Waals surface area contributed by atoms with Crippen molar-refractivity contribution in [2.45, 2.75) is 19.3 Å². The van der Waals surface area contributed by atoms with E-state index in [-0.39, 0.29) is 12.4 Å². The van der Waals surface area contributed by atoms with E-state index in [0.29, 0.717) is 0 Å². The fourth-order valence-electron chi connectivity index (χ4n) is 1.49. The molecule has 0 N–H and O–H groups in total. The molecular formula is C12H14O3. The van der Waals surface area contributed by atoms with Gasteiger partial charge < -0.3 is 9.53 Å². The number of esters is 1. The lowest BCUT2D eigenvalue weighted by Crippen LogP contribution is -2.14. The lowest BCUT2D eigenvalue weighted by molar-refractivity contribution is -0.143. The first-order valence-corrected chi connectivity index (χ1v) is 4.77. The first kappa shape index (κ1) is 11.4. The zero-order valence-electron chi connectivity index (χ0n) is 8.90. The van der Waals surface area contributed by atoms with Crippen LogP contribution in [0, 0.1) is 6.92 Å². The van der Waals surface area contributed by atoms with Crippen molar-refractivity contribution in [1.29, 1.82) is 0 Å². The van der Waals surface area contributed by atoms with E-state index in [9.17, 15) is 9.59 Å². The second-order valence-corrected chi connectivity index (χ2v) is 3.39. The van der Waals surface area contributed by atoms with Crippen LogP contribution < -0.4 is 0 Å². The van der Waals surface area contributed by atoms with Crippen LogP contribution in [0.1, 0.15) is 23.5 Å². The van der Waals surface area contributed by atoms with Crippen LogP contribution in [0.4, 0.5) is 0 Å². The lowest BCUT2D eigenvalue weighted by atomic mass is 9.95. The number of hydrogen-bond donors (Lipinski definition) is 0. The fourth-order valence-corrected chi connectivity index (χ4v) is 1.49. The zero-order valence-corrected chi connectivity index (χ0v) is 8.90. The van der Waals surface area contributed by atoms with Gasteiger partial charge in [0, 0.05) is 6.42 Å². The van der Waals surface area contributed by atoms with Crippen molar-refractivity contribution >= 4 is 12.3 Å². The maximum Gasteiger partial charge on any atom is 0.313 e. The minimum Gasteiger partial charge on any atom is -0.469 e. The van der Waals surface area contributed by atoms with E-state index >= 15 is 0 Å². The number of hydrogen-bond acceptors (Lipinski definition) is 3. The van der Waals surface area contributed by atoms with Crippen molar-refractivity contribution in [3.63, 3.8) is 0 Å². The quantitative estimate of drug-likeness (QED) is 0.557. The van der Waals surface area contributed by atoms with E-state index in [1.807, 2.05) is 31.2 Å². The molecule has 80 valence electrons. The molecule has 0 radical (unpaired) electrons. The summed E-state index contributed by atoms with van der Waals surface area (Å²) in [6.45, 7) is 1.94. The number of aryl methyl sites for hydroxylation is 1. The van der Waals surface area contributed by atoms with Gasteiger partial charge in [-0.3, -0.25) is 4.79 Å². The normalized spacial score (nSPS) is 11.9. The molecule has 15 heavy (non-hydrogen) atoms. The number of ether oxygens (including phenoxy) is 1. The first-order valence-electron chi connectivity index (χ1n) is 4.77. The third-order valence-electron chi connectivity index (χ3n) is 2.26. The first-order chi connectivity index (χ1) is 7.19. The van der Waals surface area contributed by atoms with Gasteiger partial charge in [0.05, 0.1) is 13.0 Å². The van der Waals surface area contributed by atoms with E-state index in [2.05, 4.69) is 4.74 Å². The molecule has 1 aromatic carbocycles. The maximum atomic E-state index is 11.4. The second kappa shape index (κ2) is 5.29. The largest absolute Gasteiger partial charge is 0.469 e. The minimum absolute atomic E-state index is 0.163. The summed E-state index contributed by atoms with van der Waals surface area (Å²) in [6.07, 6.45) is 0.903. The number of carbonyl (C=O) groups excluding carboxylic acids is 2. The van der Waals surface area contributed by atoms with Crippen LogP contribution in [0.25, 0.3) is 0 Å². The van der Waals surface area contributed by atoms with Crippen molar-refractivity contribution in [2.75, 3.05) is 7.11 Å². The average Bonchev–Trinajstić information content (AvgIpc) is 2.25. The summed E-state index contributed by atoms with van der Waals surface area (Å²) in [7, 11) is 1.33. The van der Waals surface area contributed by atoms with Crippen LogP contribution >= 0.6 is 0 Å². The molecule has 0 bridgehead atoms. The van der Waals surface area contributed by atoms with Crippen molar-refractivity contribution in [1.82, 2.24) is 0 Å². The molecule has 0 fully saturated rings. The van der Waals surface area contributed by atoms with Gasteiger partial charge in [0.1, 0.15) is 6.29 Å². The number of carbonyl (C=O) groups is 2. The van der Waals surface area contributed by atoms with Gasteiger partial charge in [-0.2, -0.15) is 0 Å². The van der Waals surface area contributed by atoms with Gasteiger partial charge in [-0.25, -0.2) is 0 Å². The smallest absolute Gasteiger partial charge is 0.313 e. The van der Waals surface area contributed by atoms with E-state index in [1.54, 1.807) is 0 Å². The Kier molecular flexibility index (Phi) is 4.03. The van der Waals surface area contributed by atoms with Crippen LogP contribution in [0.3, 0.4) is 0 Å². The molecule has 3 heteroatoms. The molecular weight excluding hydrogens is 192 g/mol. The Morgan fingerprint density at radius 1 is 1.53 bits per heavy atom. The highest BCUT2D eigenvalue weighted by Gasteiger charge is 2.20. The van der Waals surface area contributed by atoms with Gasteiger partial charge in [0.15, 0.2) is 0 Å². The molecule has 0 saturated carbocycles. The van der Waals surface area contributed by atoms with E-state index in [1.165, 1.54) is 7.11 Å². The highest BCUT2D eigenvalue weighted by molar-refractivity contribution is 5.81. The topological polar surface area (TPSA) is 43.4 Å². The summed E-state index contributed by atoms with van der Waals surface area (Å²) in [5.74, 6) is -0.847. The molecule has 1 rings (SSSR count). The molecule has 0 aromatic heterocycles.